The van der Waals surface area contributed by atoms with Gasteiger partial charge in [-0.3, -0.25) is 4.79 Å². The van der Waals surface area contributed by atoms with Gasteiger partial charge in [0.25, 0.3) is 5.91 Å². The van der Waals surface area contributed by atoms with Crippen molar-refractivity contribution in [3.63, 3.8) is 0 Å². The first-order valence-corrected chi connectivity index (χ1v) is 9.36. The van der Waals surface area contributed by atoms with Crippen LogP contribution in [0.25, 0.3) is 0 Å². The number of aliphatic carboxylic acids is 1. The topological polar surface area (TPSA) is 60.4 Å². The Kier molecular flexibility index (Phi) is 5.27. The quantitative estimate of drug-likeness (QED) is 0.800. The molecule has 0 aromatic heterocycles. The third kappa shape index (κ3) is 3.50. The first kappa shape index (κ1) is 18.1. The van der Waals surface area contributed by atoms with Crippen LogP contribution in [-0.2, 0) is 4.79 Å². The van der Waals surface area contributed by atoms with Crippen molar-refractivity contribution in [3.8, 4) is 0 Å². The summed E-state index contributed by atoms with van der Waals surface area (Å²) in [6, 6.07) is 11.2. The molecule has 1 fully saturated rings. The highest BCUT2D eigenvalue weighted by atomic mass is 35.5. The molecule has 0 saturated carbocycles. The predicted molar refractivity (Wildman–Crippen MR) is 97.8 cm³/mol. The maximum absolute atomic E-state index is 13.1. The lowest BCUT2D eigenvalue weighted by atomic mass is 10.1. The van der Waals surface area contributed by atoms with Gasteiger partial charge in [-0.25, -0.2) is 0 Å². The first-order chi connectivity index (χ1) is 11.9. The number of rotatable bonds is 3. The number of amides is 1. The Morgan fingerprint density at radius 3 is 2.52 bits per heavy atom. The van der Waals surface area contributed by atoms with Crippen molar-refractivity contribution in [2.75, 3.05) is 5.75 Å². The van der Waals surface area contributed by atoms with Crippen molar-refractivity contribution in [2.24, 2.45) is 0 Å². The number of carbonyl (C=O) groups excluding carboxylic acids is 2. The molecule has 25 heavy (non-hydrogen) atoms. The maximum Gasteiger partial charge on any atom is 0.255 e. The molecule has 0 aliphatic carbocycles. The summed E-state index contributed by atoms with van der Waals surface area (Å²) in [5, 5.41) is 11.9. The van der Waals surface area contributed by atoms with Crippen LogP contribution in [0.5, 0.6) is 0 Å². The highest BCUT2D eigenvalue weighted by Crippen LogP contribution is 2.43. The second kappa shape index (κ2) is 7.28. The van der Waals surface area contributed by atoms with E-state index in [-0.39, 0.29) is 11.7 Å². The van der Waals surface area contributed by atoms with Gasteiger partial charge in [-0.2, -0.15) is 0 Å². The fraction of sp³-hybridized carbons (Fsp3) is 0.222. The monoisotopic (exact) mass is 394 g/mol. The molecule has 2 atom stereocenters. The molecule has 1 heterocycles. The molecule has 1 saturated heterocycles. The molecular formula is C18H14Cl2NO3S-. The number of carboxylic acid groups (broad SMARTS) is 1. The predicted octanol–water partition coefficient (Wildman–Crippen LogP) is 3.31. The highest BCUT2D eigenvalue weighted by molar-refractivity contribution is 7.99. The summed E-state index contributed by atoms with van der Waals surface area (Å²) in [5.74, 6) is -1.35. The lowest BCUT2D eigenvalue weighted by Crippen LogP contribution is -2.49. The molecule has 4 nitrogen and oxygen atoms in total. The van der Waals surface area contributed by atoms with E-state index in [1.165, 1.54) is 16.7 Å². The van der Waals surface area contributed by atoms with Crippen molar-refractivity contribution >= 4 is 46.8 Å². The molecular weight excluding hydrogens is 381 g/mol. The van der Waals surface area contributed by atoms with Crippen LogP contribution >= 0.6 is 35.0 Å². The summed E-state index contributed by atoms with van der Waals surface area (Å²) >= 11 is 13.4. The van der Waals surface area contributed by atoms with Crippen LogP contribution in [0.4, 0.5) is 0 Å². The van der Waals surface area contributed by atoms with Crippen LogP contribution in [0.15, 0.2) is 42.5 Å². The lowest BCUT2D eigenvalue weighted by Gasteiger charge is -2.31. The van der Waals surface area contributed by atoms with Crippen molar-refractivity contribution < 1.29 is 14.7 Å². The number of hydrogen-bond acceptors (Lipinski definition) is 4. The van der Waals surface area contributed by atoms with Gasteiger partial charge in [0.1, 0.15) is 5.37 Å². The number of benzene rings is 2. The normalized spacial score (nSPS) is 19.9. The van der Waals surface area contributed by atoms with E-state index in [0.29, 0.717) is 15.6 Å². The minimum atomic E-state index is -1.27. The van der Waals surface area contributed by atoms with Crippen LogP contribution in [0.2, 0.25) is 10.0 Å². The molecule has 3 rings (SSSR count). The van der Waals surface area contributed by atoms with E-state index in [4.69, 9.17) is 23.2 Å². The molecule has 0 radical (unpaired) electrons. The number of aryl methyl sites for hydroxylation is 1. The van der Waals surface area contributed by atoms with E-state index < -0.39 is 17.4 Å². The minimum Gasteiger partial charge on any atom is -0.548 e. The highest BCUT2D eigenvalue weighted by Gasteiger charge is 2.40. The van der Waals surface area contributed by atoms with Gasteiger partial charge in [0.15, 0.2) is 0 Å². The molecule has 0 spiro atoms. The van der Waals surface area contributed by atoms with Crippen molar-refractivity contribution in [2.45, 2.75) is 18.3 Å². The second-order valence-corrected chi connectivity index (χ2v) is 7.65. The number of halogens is 2. The Hall–Kier alpha value is -1.69. The van der Waals surface area contributed by atoms with Crippen LogP contribution in [0.1, 0.15) is 26.9 Å². The third-order valence-corrected chi connectivity index (χ3v) is 6.17. The summed E-state index contributed by atoms with van der Waals surface area (Å²) in [4.78, 5) is 26.0. The summed E-state index contributed by atoms with van der Waals surface area (Å²) in [5.41, 5.74) is 1.99. The van der Waals surface area contributed by atoms with Crippen molar-refractivity contribution in [1.82, 2.24) is 4.90 Å². The molecule has 0 N–H and O–H groups in total. The standard InChI is InChI=1S/C18H15Cl2NO3S/c1-10-4-2-3-5-12(10)16(22)21-15(18(23)24)9-25-17(21)11-6-7-13(19)14(20)8-11/h2-8,15,17H,9H2,1H3,(H,23,24)/p-1/t15-,17-/m0/s1. The van der Waals surface area contributed by atoms with Crippen LogP contribution in [0.3, 0.4) is 0 Å². The molecule has 0 unspecified atom stereocenters. The fourth-order valence-corrected chi connectivity index (χ4v) is 4.52. The Balaban J connectivity index is 2.03. The zero-order chi connectivity index (χ0) is 18.1. The SMILES string of the molecule is Cc1ccccc1C(=O)N1[C@H](C(=O)[O-])CS[C@H]1c1ccc(Cl)c(Cl)c1. The van der Waals surface area contributed by atoms with E-state index in [1.807, 2.05) is 19.1 Å². The molecule has 130 valence electrons. The Morgan fingerprint density at radius 2 is 1.88 bits per heavy atom. The van der Waals surface area contributed by atoms with Gasteiger partial charge in [-0.1, -0.05) is 47.5 Å². The zero-order valence-electron chi connectivity index (χ0n) is 13.2. The van der Waals surface area contributed by atoms with Crippen LogP contribution in [-0.4, -0.2) is 28.6 Å². The molecule has 2 aromatic carbocycles. The maximum atomic E-state index is 13.1. The molecule has 2 aromatic rings. The van der Waals surface area contributed by atoms with Gasteiger partial charge in [-0.05, 0) is 36.2 Å². The number of carboxylic acids is 1. The van der Waals surface area contributed by atoms with Crippen molar-refractivity contribution in [1.29, 1.82) is 0 Å². The zero-order valence-corrected chi connectivity index (χ0v) is 15.6. The van der Waals surface area contributed by atoms with Gasteiger partial charge in [0, 0.05) is 11.3 Å². The van der Waals surface area contributed by atoms with Gasteiger partial charge < -0.3 is 14.8 Å². The van der Waals surface area contributed by atoms with Gasteiger partial charge in [-0.15, -0.1) is 11.8 Å². The average molecular weight is 395 g/mol. The summed E-state index contributed by atoms with van der Waals surface area (Å²) in [6.07, 6.45) is 0. The number of hydrogen-bond donors (Lipinski definition) is 0. The largest absolute Gasteiger partial charge is 0.548 e. The Bertz CT molecular complexity index is 843. The van der Waals surface area contributed by atoms with E-state index in [0.717, 1.165) is 11.1 Å². The van der Waals surface area contributed by atoms with Crippen LogP contribution < -0.4 is 5.11 Å². The van der Waals surface area contributed by atoms with Gasteiger partial charge >= 0.3 is 0 Å². The summed E-state index contributed by atoms with van der Waals surface area (Å²) < 4.78 is 0. The van der Waals surface area contributed by atoms with E-state index >= 15 is 0 Å². The summed E-state index contributed by atoms with van der Waals surface area (Å²) in [7, 11) is 0. The average Bonchev–Trinajstić information content (AvgIpc) is 3.02. The van der Waals surface area contributed by atoms with E-state index in [9.17, 15) is 14.7 Å². The number of carbonyl (C=O) groups is 2. The summed E-state index contributed by atoms with van der Waals surface area (Å²) in [6.45, 7) is 1.82. The first-order valence-electron chi connectivity index (χ1n) is 7.56. The Labute approximate surface area is 159 Å². The second-order valence-electron chi connectivity index (χ2n) is 5.72. The molecule has 0 bridgehead atoms. The fourth-order valence-electron chi connectivity index (χ4n) is 2.81. The van der Waals surface area contributed by atoms with Gasteiger partial charge in [0.2, 0.25) is 0 Å². The number of thioether (sulfide) groups is 1. The van der Waals surface area contributed by atoms with Gasteiger partial charge in [0.05, 0.1) is 22.1 Å². The minimum absolute atomic E-state index is 0.255. The molecule has 1 aliphatic heterocycles. The third-order valence-electron chi connectivity index (χ3n) is 4.11. The number of nitrogens with zero attached hydrogens (tertiary/aromatic N) is 1. The van der Waals surface area contributed by atoms with E-state index in [2.05, 4.69) is 0 Å². The molecule has 1 amide bonds. The molecule has 7 heteroatoms. The van der Waals surface area contributed by atoms with Crippen LogP contribution in [0, 0.1) is 6.92 Å². The lowest BCUT2D eigenvalue weighted by molar-refractivity contribution is -0.310. The smallest absolute Gasteiger partial charge is 0.255 e. The van der Waals surface area contributed by atoms with E-state index in [1.54, 1.807) is 30.3 Å². The molecule has 1 aliphatic rings. The Morgan fingerprint density at radius 1 is 1.16 bits per heavy atom. The van der Waals surface area contributed by atoms with Crippen molar-refractivity contribution in [3.05, 3.63) is 69.2 Å².